The van der Waals surface area contributed by atoms with Crippen LogP contribution in [0.15, 0.2) is 99.6 Å². The van der Waals surface area contributed by atoms with Crippen LogP contribution >= 0.6 is 11.8 Å². The molecule has 1 aliphatic rings. The molecule has 0 aliphatic carbocycles. The summed E-state index contributed by atoms with van der Waals surface area (Å²) in [6.07, 6.45) is 0. The van der Waals surface area contributed by atoms with Gasteiger partial charge in [0, 0.05) is 34.3 Å². The number of carbonyl (C=O) groups excluding carboxylic acids is 1. The number of hydrogen-bond donors (Lipinski definition) is 2. The Balaban J connectivity index is 1.61. The fourth-order valence-electron chi connectivity index (χ4n) is 3.93. The van der Waals surface area contributed by atoms with Gasteiger partial charge in [-0.1, -0.05) is 72.8 Å². The van der Waals surface area contributed by atoms with E-state index in [-0.39, 0.29) is 32.9 Å². The third-order valence-electron chi connectivity index (χ3n) is 5.65. The first-order chi connectivity index (χ1) is 16.8. The van der Waals surface area contributed by atoms with E-state index in [1.54, 1.807) is 66.7 Å². The Hall–Kier alpha value is -3.02. The van der Waals surface area contributed by atoms with Gasteiger partial charge in [0.05, 0.1) is 9.79 Å². The molecule has 0 amide bonds. The number of nitrogens with one attached hydrogen (secondary N) is 2. The second-order valence-corrected chi connectivity index (χ2v) is 12.4. The second kappa shape index (κ2) is 9.21. The van der Waals surface area contributed by atoms with Crippen LogP contribution in [0.5, 0.6) is 0 Å². The Kier molecular flexibility index (Phi) is 6.24. The molecule has 0 radical (unpaired) electrons. The highest BCUT2D eigenvalue weighted by molar-refractivity contribution is 8.15. The van der Waals surface area contributed by atoms with Crippen molar-refractivity contribution in [1.82, 2.24) is 9.44 Å². The van der Waals surface area contributed by atoms with E-state index >= 15 is 0 Å². The smallest absolute Gasteiger partial charge is 0.242 e. The molecule has 5 rings (SSSR count). The summed E-state index contributed by atoms with van der Waals surface area (Å²) in [6, 6.07) is 23.9. The topological polar surface area (TPSA) is 109 Å². The first-order valence-electron chi connectivity index (χ1n) is 10.7. The van der Waals surface area contributed by atoms with E-state index in [1.807, 2.05) is 12.1 Å². The molecule has 1 heterocycles. The lowest BCUT2D eigenvalue weighted by Crippen LogP contribution is -2.26. The molecule has 0 atom stereocenters. The van der Waals surface area contributed by atoms with E-state index in [4.69, 9.17) is 0 Å². The summed E-state index contributed by atoms with van der Waals surface area (Å²) in [6.45, 7) is 0.0589. The molecule has 0 unspecified atom stereocenters. The van der Waals surface area contributed by atoms with E-state index in [9.17, 15) is 21.6 Å². The van der Waals surface area contributed by atoms with Crippen LogP contribution in [0.25, 0.3) is 10.8 Å². The third kappa shape index (κ3) is 4.63. The van der Waals surface area contributed by atoms with Gasteiger partial charge in [0.15, 0.2) is 0 Å². The van der Waals surface area contributed by atoms with Crippen LogP contribution in [0.3, 0.4) is 0 Å². The van der Waals surface area contributed by atoms with Crippen molar-refractivity contribution in [3.8, 4) is 0 Å². The minimum atomic E-state index is -4.15. The van der Waals surface area contributed by atoms with Gasteiger partial charge < -0.3 is 0 Å². The van der Waals surface area contributed by atoms with E-state index in [2.05, 4.69) is 9.44 Å². The van der Waals surface area contributed by atoms with Crippen molar-refractivity contribution in [3.63, 3.8) is 0 Å². The van der Waals surface area contributed by atoms with Crippen molar-refractivity contribution in [2.45, 2.75) is 27.8 Å². The van der Waals surface area contributed by atoms with E-state index in [0.29, 0.717) is 16.3 Å². The Morgan fingerprint density at radius 2 is 1.20 bits per heavy atom. The van der Waals surface area contributed by atoms with Crippen LogP contribution in [-0.4, -0.2) is 22.0 Å². The lowest BCUT2D eigenvalue weighted by atomic mass is 10.1. The lowest BCUT2D eigenvalue weighted by Gasteiger charge is -2.15. The van der Waals surface area contributed by atoms with Crippen molar-refractivity contribution >= 4 is 47.7 Å². The number of hydrogen-bond acceptors (Lipinski definition) is 6. The zero-order valence-corrected chi connectivity index (χ0v) is 20.7. The average molecular weight is 525 g/mol. The maximum Gasteiger partial charge on any atom is 0.242 e. The highest BCUT2D eigenvalue weighted by atomic mass is 32.2. The molecule has 0 fully saturated rings. The zero-order chi connectivity index (χ0) is 24.6. The van der Waals surface area contributed by atoms with Crippen molar-refractivity contribution in [2.75, 3.05) is 0 Å². The molecule has 0 saturated carbocycles. The van der Waals surface area contributed by atoms with E-state index < -0.39 is 20.0 Å². The first-order valence-corrected chi connectivity index (χ1v) is 14.4. The molecule has 0 bridgehead atoms. The average Bonchev–Trinajstić information content (AvgIpc) is 3.20. The van der Waals surface area contributed by atoms with Crippen LogP contribution in [0.2, 0.25) is 0 Å². The molecule has 1 aliphatic heterocycles. The molecule has 2 N–H and O–H groups in total. The molecule has 0 spiro atoms. The predicted octanol–water partition coefficient (Wildman–Crippen LogP) is 4.04. The van der Waals surface area contributed by atoms with Gasteiger partial charge in [-0.25, -0.2) is 26.3 Å². The molecule has 10 heteroatoms. The summed E-state index contributed by atoms with van der Waals surface area (Å²) in [7, 11) is -8.27. The SMILES string of the molecule is O=C1Sc2c(S(=O)(=O)NCc3ccccc3)cc(S(=O)(=O)NCc3ccccc3)c3cccc1c23. The van der Waals surface area contributed by atoms with Crippen LogP contribution < -0.4 is 9.44 Å². The van der Waals surface area contributed by atoms with Gasteiger partial charge in [-0.3, -0.25) is 4.79 Å². The Bertz CT molecular complexity index is 1650. The molecule has 0 aromatic heterocycles. The largest absolute Gasteiger partial charge is 0.281 e. The van der Waals surface area contributed by atoms with Gasteiger partial charge in [0.25, 0.3) is 0 Å². The maximum absolute atomic E-state index is 13.4. The molecule has 7 nitrogen and oxygen atoms in total. The van der Waals surface area contributed by atoms with Gasteiger partial charge in [0.1, 0.15) is 0 Å². The molecular weight excluding hydrogens is 504 g/mol. The standard InChI is InChI=1S/C25H20N2O5S3/c28-25-20-13-7-12-19-21(34(29,30)26-15-17-8-3-1-4-9-17)14-22(24(33-25)23(19)20)35(31,32)27-16-18-10-5-2-6-11-18/h1-14,26-27H,15-16H2. The molecular formula is C25H20N2O5S3. The Morgan fingerprint density at radius 1 is 0.657 bits per heavy atom. The summed E-state index contributed by atoms with van der Waals surface area (Å²) in [5.41, 5.74) is 1.79. The fourth-order valence-corrected chi connectivity index (χ4v) is 7.78. The molecule has 4 aromatic rings. The first kappa shape index (κ1) is 23.7. The fraction of sp³-hybridized carbons (Fsp3) is 0.0800. The van der Waals surface area contributed by atoms with Gasteiger partial charge in [-0.05, 0) is 35.0 Å². The maximum atomic E-state index is 13.4. The van der Waals surface area contributed by atoms with Crippen molar-refractivity contribution in [3.05, 3.63) is 102 Å². The van der Waals surface area contributed by atoms with Crippen LogP contribution in [0, 0.1) is 0 Å². The highest BCUT2D eigenvalue weighted by Crippen LogP contribution is 2.46. The normalized spacial score (nSPS) is 13.4. The molecule has 4 aromatic carbocycles. The monoisotopic (exact) mass is 524 g/mol. The third-order valence-corrected chi connectivity index (χ3v) is 9.68. The predicted molar refractivity (Wildman–Crippen MR) is 135 cm³/mol. The number of carbonyl (C=O) groups is 1. The van der Waals surface area contributed by atoms with Gasteiger partial charge in [-0.2, -0.15) is 0 Å². The Labute approximate surface area is 207 Å². The number of thioether (sulfide) groups is 1. The minimum absolute atomic E-state index is 0.0231. The Morgan fingerprint density at radius 3 is 1.77 bits per heavy atom. The van der Waals surface area contributed by atoms with Crippen LogP contribution in [0.4, 0.5) is 0 Å². The molecule has 0 saturated heterocycles. The van der Waals surface area contributed by atoms with Crippen LogP contribution in [-0.2, 0) is 33.1 Å². The quantitative estimate of drug-likeness (QED) is 0.360. The minimum Gasteiger partial charge on any atom is -0.281 e. The van der Waals surface area contributed by atoms with E-state index in [0.717, 1.165) is 29.0 Å². The number of sulfonamides is 2. The second-order valence-electron chi connectivity index (χ2n) is 7.94. The zero-order valence-electron chi connectivity index (χ0n) is 18.3. The summed E-state index contributed by atoms with van der Waals surface area (Å²) < 4.78 is 58.6. The molecule has 178 valence electrons. The number of rotatable bonds is 8. The highest BCUT2D eigenvalue weighted by Gasteiger charge is 2.34. The lowest BCUT2D eigenvalue weighted by molar-refractivity contribution is 0.109. The summed E-state index contributed by atoms with van der Waals surface area (Å²) in [5.74, 6) is 0. The van der Waals surface area contributed by atoms with Crippen molar-refractivity contribution in [1.29, 1.82) is 0 Å². The summed E-state index contributed by atoms with van der Waals surface area (Å²) in [5, 5.41) is 0.320. The van der Waals surface area contributed by atoms with Gasteiger partial charge >= 0.3 is 0 Å². The summed E-state index contributed by atoms with van der Waals surface area (Å²) >= 11 is 0.801. The van der Waals surface area contributed by atoms with Gasteiger partial charge in [0.2, 0.25) is 25.2 Å². The van der Waals surface area contributed by atoms with Crippen molar-refractivity contribution < 1.29 is 21.6 Å². The van der Waals surface area contributed by atoms with Crippen LogP contribution in [0.1, 0.15) is 21.5 Å². The number of benzene rings is 4. The summed E-state index contributed by atoms with van der Waals surface area (Å²) in [4.78, 5) is 12.5. The van der Waals surface area contributed by atoms with Crippen molar-refractivity contribution in [2.24, 2.45) is 0 Å². The molecule has 35 heavy (non-hydrogen) atoms. The van der Waals surface area contributed by atoms with E-state index in [1.165, 1.54) is 0 Å². The van der Waals surface area contributed by atoms with Gasteiger partial charge in [-0.15, -0.1) is 0 Å².